The van der Waals surface area contributed by atoms with E-state index in [1.54, 1.807) is 18.5 Å². The van der Waals surface area contributed by atoms with Crippen LogP contribution in [0.4, 0.5) is 17.3 Å². The number of carbonyl (C=O) groups excluding carboxylic acids is 1. The number of nitrogens with one attached hydrogen (secondary N) is 1. The lowest BCUT2D eigenvalue weighted by Crippen LogP contribution is -2.49. The van der Waals surface area contributed by atoms with Crippen molar-refractivity contribution in [2.24, 2.45) is 0 Å². The Morgan fingerprint density at radius 3 is 2.69 bits per heavy atom. The molecule has 5 rings (SSSR count). The first kappa shape index (κ1) is 20.5. The zero-order chi connectivity index (χ0) is 22.1. The van der Waals surface area contributed by atoms with Gasteiger partial charge < -0.3 is 19.5 Å². The Hall–Kier alpha value is -3.39. The third-order valence-electron chi connectivity index (χ3n) is 5.63. The minimum atomic E-state index is -0.0981. The normalized spacial score (nSPS) is 14.1. The average Bonchev–Trinajstić information content (AvgIpc) is 3.31. The predicted molar refractivity (Wildman–Crippen MR) is 129 cm³/mol. The fourth-order valence-electron chi connectivity index (χ4n) is 3.87. The van der Waals surface area contributed by atoms with E-state index in [4.69, 9.17) is 4.42 Å². The monoisotopic (exact) mass is 491 g/mol. The SMILES string of the molecule is Cc1cc(Nc2nc(C(=O)N3CCN(c4ccccn4)CC3)cc3occc23)ccc1Br. The second-order valence-electron chi connectivity index (χ2n) is 7.74. The van der Waals surface area contributed by atoms with Crippen LogP contribution in [-0.2, 0) is 0 Å². The molecule has 3 aromatic heterocycles. The van der Waals surface area contributed by atoms with Gasteiger partial charge >= 0.3 is 0 Å². The van der Waals surface area contributed by atoms with Gasteiger partial charge in [-0.15, -0.1) is 0 Å². The number of halogens is 1. The van der Waals surface area contributed by atoms with E-state index in [2.05, 4.69) is 36.1 Å². The number of fused-ring (bicyclic) bond motifs is 1. The summed E-state index contributed by atoms with van der Waals surface area (Å²) in [4.78, 5) is 26.4. The Morgan fingerprint density at radius 2 is 1.94 bits per heavy atom. The number of nitrogens with zero attached hydrogens (tertiary/aromatic N) is 4. The number of pyridine rings is 2. The van der Waals surface area contributed by atoms with Crippen molar-refractivity contribution in [3.63, 3.8) is 0 Å². The van der Waals surface area contributed by atoms with Crippen molar-refractivity contribution < 1.29 is 9.21 Å². The molecule has 0 aliphatic carbocycles. The van der Waals surface area contributed by atoms with Crippen LogP contribution in [-0.4, -0.2) is 47.0 Å². The highest BCUT2D eigenvalue weighted by molar-refractivity contribution is 9.10. The minimum Gasteiger partial charge on any atom is -0.464 e. The van der Waals surface area contributed by atoms with Crippen LogP contribution in [0, 0.1) is 6.92 Å². The summed E-state index contributed by atoms with van der Waals surface area (Å²) in [6, 6.07) is 15.4. The number of furan rings is 1. The second-order valence-corrected chi connectivity index (χ2v) is 8.60. The summed E-state index contributed by atoms with van der Waals surface area (Å²) in [6.07, 6.45) is 3.40. The Labute approximate surface area is 194 Å². The molecule has 0 unspecified atom stereocenters. The summed E-state index contributed by atoms with van der Waals surface area (Å²) in [5.74, 6) is 1.44. The number of piperazine rings is 1. The average molecular weight is 492 g/mol. The second kappa shape index (κ2) is 8.63. The maximum absolute atomic E-state index is 13.3. The van der Waals surface area contributed by atoms with Gasteiger partial charge in [-0.1, -0.05) is 22.0 Å². The predicted octanol–water partition coefficient (Wildman–Crippen LogP) is 5.00. The number of aryl methyl sites for hydroxylation is 1. The van der Waals surface area contributed by atoms with Gasteiger partial charge in [0.15, 0.2) is 0 Å². The standard InChI is InChI=1S/C24H22BrN5O2/c1-16-14-17(5-6-19(16)25)27-23-18-7-13-32-21(18)15-20(28-23)24(31)30-11-9-29(10-12-30)22-4-2-3-8-26-22/h2-8,13-15H,9-12H2,1H3,(H,27,28). The van der Waals surface area contributed by atoms with Gasteiger partial charge in [-0.2, -0.15) is 0 Å². The quantitative estimate of drug-likeness (QED) is 0.432. The molecule has 1 fully saturated rings. The Bertz CT molecular complexity index is 1270. The molecule has 1 N–H and O–H groups in total. The summed E-state index contributed by atoms with van der Waals surface area (Å²) < 4.78 is 6.66. The van der Waals surface area contributed by atoms with Gasteiger partial charge in [0.05, 0.1) is 11.6 Å². The number of benzene rings is 1. The fourth-order valence-corrected chi connectivity index (χ4v) is 4.12. The topological polar surface area (TPSA) is 74.5 Å². The van der Waals surface area contributed by atoms with Gasteiger partial charge in [0.2, 0.25) is 0 Å². The molecule has 32 heavy (non-hydrogen) atoms. The maximum Gasteiger partial charge on any atom is 0.272 e. The van der Waals surface area contributed by atoms with Gasteiger partial charge in [-0.25, -0.2) is 9.97 Å². The van der Waals surface area contributed by atoms with Crippen LogP contribution < -0.4 is 10.2 Å². The van der Waals surface area contributed by atoms with Crippen LogP contribution in [0.1, 0.15) is 16.1 Å². The lowest BCUT2D eigenvalue weighted by molar-refractivity contribution is 0.0741. The molecule has 1 aliphatic heterocycles. The van der Waals surface area contributed by atoms with Gasteiger partial charge in [-0.3, -0.25) is 4.79 Å². The van der Waals surface area contributed by atoms with Gasteiger partial charge in [0.25, 0.3) is 5.91 Å². The van der Waals surface area contributed by atoms with E-state index in [0.29, 0.717) is 30.2 Å². The summed E-state index contributed by atoms with van der Waals surface area (Å²) in [5.41, 5.74) is 3.01. The van der Waals surface area contributed by atoms with Crippen molar-refractivity contribution in [1.29, 1.82) is 0 Å². The molecule has 7 nitrogen and oxygen atoms in total. The molecule has 8 heteroatoms. The number of anilines is 3. The first-order valence-corrected chi connectivity index (χ1v) is 11.2. The lowest BCUT2D eigenvalue weighted by Gasteiger charge is -2.35. The van der Waals surface area contributed by atoms with Crippen molar-refractivity contribution in [3.8, 4) is 0 Å². The third kappa shape index (κ3) is 4.05. The molecule has 1 aromatic carbocycles. The maximum atomic E-state index is 13.3. The number of hydrogen-bond acceptors (Lipinski definition) is 6. The van der Waals surface area contributed by atoms with Crippen molar-refractivity contribution in [2.45, 2.75) is 6.92 Å². The Kier molecular flexibility index (Phi) is 5.53. The molecule has 1 amide bonds. The zero-order valence-corrected chi connectivity index (χ0v) is 19.2. The number of rotatable bonds is 4. The Balaban J connectivity index is 1.37. The fraction of sp³-hybridized carbons (Fsp3) is 0.208. The summed E-state index contributed by atoms with van der Waals surface area (Å²) in [6.45, 7) is 4.72. The van der Waals surface area contributed by atoms with E-state index in [9.17, 15) is 4.79 Å². The van der Waals surface area contributed by atoms with Gasteiger partial charge in [0, 0.05) is 48.6 Å². The number of carbonyl (C=O) groups is 1. The van der Waals surface area contributed by atoms with Crippen LogP contribution in [0.3, 0.4) is 0 Å². The van der Waals surface area contributed by atoms with Crippen LogP contribution in [0.25, 0.3) is 11.0 Å². The molecule has 0 spiro atoms. The summed E-state index contributed by atoms with van der Waals surface area (Å²) in [5, 5.41) is 4.18. The molecule has 0 atom stereocenters. The molecule has 0 saturated carbocycles. The van der Waals surface area contributed by atoms with Crippen LogP contribution >= 0.6 is 15.9 Å². The first-order chi connectivity index (χ1) is 15.6. The highest BCUT2D eigenvalue weighted by Crippen LogP contribution is 2.29. The highest BCUT2D eigenvalue weighted by Gasteiger charge is 2.25. The van der Waals surface area contributed by atoms with Crippen molar-refractivity contribution >= 4 is 50.1 Å². The molecule has 0 bridgehead atoms. The summed E-state index contributed by atoms with van der Waals surface area (Å²) in [7, 11) is 0. The summed E-state index contributed by atoms with van der Waals surface area (Å²) >= 11 is 3.53. The zero-order valence-electron chi connectivity index (χ0n) is 17.6. The van der Waals surface area contributed by atoms with Crippen LogP contribution in [0.15, 0.2) is 69.9 Å². The van der Waals surface area contributed by atoms with E-state index in [1.165, 1.54) is 0 Å². The smallest absolute Gasteiger partial charge is 0.272 e. The van der Waals surface area contributed by atoms with Gasteiger partial charge in [0.1, 0.15) is 22.9 Å². The van der Waals surface area contributed by atoms with E-state index < -0.39 is 0 Å². The molecule has 4 aromatic rings. The number of amides is 1. The van der Waals surface area contributed by atoms with Crippen molar-refractivity contribution in [1.82, 2.24) is 14.9 Å². The Morgan fingerprint density at radius 1 is 1.09 bits per heavy atom. The number of aromatic nitrogens is 2. The van der Waals surface area contributed by atoms with Crippen molar-refractivity contribution in [3.05, 3.63) is 76.7 Å². The van der Waals surface area contributed by atoms with E-state index in [1.807, 2.05) is 54.3 Å². The molecule has 1 saturated heterocycles. The van der Waals surface area contributed by atoms with Gasteiger partial charge in [-0.05, 0) is 48.9 Å². The van der Waals surface area contributed by atoms with Crippen LogP contribution in [0.5, 0.6) is 0 Å². The molecule has 1 aliphatic rings. The number of hydrogen-bond donors (Lipinski definition) is 1. The molecular weight excluding hydrogens is 470 g/mol. The lowest BCUT2D eigenvalue weighted by atomic mass is 10.2. The highest BCUT2D eigenvalue weighted by atomic mass is 79.9. The van der Waals surface area contributed by atoms with Crippen molar-refractivity contribution in [2.75, 3.05) is 36.4 Å². The molecular formula is C24H22BrN5O2. The third-order valence-corrected chi connectivity index (χ3v) is 6.52. The molecule has 4 heterocycles. The van der Waals surface area contributed by atoms with E-state index in [0.717, 1.165) is 40.0 Å². The van der Waals surface area contributed by atoms with Crippen LogP contribution in [0.2, 0.25) is 0 Å². The minimum absolute atomic E-state index is 0.0981. The van der Waals surface area contributed by atoms with E-state index in [-0.39, 0.29) is 5.91 Å². The molecule has 0 radical (unpaired) electrons. The van der Waals surface area contributed by atoms with E-state index >= 15 is 0 Å². The first-order valence-electron chi connectivity index (χ1n) is 10.5. The largest absolute Gasteiger partial charge is 0.464 e. The molecule has 162 valence electrons.